The molecule has 302 valence electrons. The van der Waals surface area contributed by atoms with Crippen LogP contribution < -0.4 is 41.5 Å². The lowest BCUT2D eigenvalue weighted by atomic mass is 10.1. The van der Waals surface area contributed by atoms with Gasteiger partial charge in [-0.25, -0.2) is 4.98 Å². The van der Waals surface area contributed by atoms with Crippen molar-refractivity contribution in [1.82, 2.24) is 14.5 Å². The molecule has 1 aliphatic heterocycles. The van der Waals surface area contributed by atoms with Crippen LogP contribution in [0.2, 0.25) is 0 Å². The van der Waals surface area contributed by atoms with Crippen molar-refractivity contribution >= 4 is 91.3 Å². The van der Waals surface area contributed by atoms with Crippen LogP contribution in [0.1, 0.15) is 0 Å². The van der Waals surface area contributed by atoms with Gasteiger partial charge in [-0.05, 0) is 77.9 Å². The molecule has 0 saturated heterocycles. The zero-order chi connectivity index (χ0) is 42.5. The molecule has 8 aromatic carbocycles. The number of aromatic nitrogens is 3. The molecule has 0 aliphatic carbocycles. The lowest BCUT2D eigenvalue weighted by molar-refractivity contribution is 1.13. The van der Waals surface area contributed by atoms with Crippen molar-refractivity contribution in [2.24, 2.45) is 0 Å². The highest BCUT2D eigenvalue weighted by Crippen LogP contribution is 2.39. The van der Waals surface area contributed by atoms with Crippen LogP contribution in [0, 0.1) is 0 Å². The summed E-state index contributed by atoms with van der Waals surface area (Å²) in [6, 6.07) is 87.7. The second-order valence-corrected chi connectivity index (χ2v) is 25.0. The van der Waals surface area contributed by atoms with E-state index in [0.29, 0.717) is 0 Å². The monoisotopic (exact) mass is 867 g/mol. The Hall–Kier alpha value is -7.36. The minimum Gasteiger partial charge on any atom is -0.294 e. The first-order valence-electron chi connectivity index (χ1n) is 21.8. The van der Waals surface area contributed by atoms with Crippen LogP contribution in [-0.2, 0) is 0 Å². The van der Waals surface area contributed by atoms with Gasteiger partial charge in [0.25, 0.3) is 0 Å². The van der Waals surface area contributed by atoms with Crippen LogP contribution in [0.15, 0.2) is 259 Å². The van der Waals surface area contributed by atoms with E-state index < -0.39 is 16.1 Å². The molecule has 4 heterocycles. The molecule has 0 bridgehead atoms. The van der Waals surface area contributed by atoms with Crippen molar-refractivity contribution in [3.63, 3.8) is 0 Å². The van der Waals surface area contributed by atoms with Gasteiger partial charge in [-0.2, -0.15) is 0 Å². The number of hydrogen-bond donors (Lipinski definition) is 0. The van der Waals surface area contributed by atoms with Crippen molar-refractivity contribution < 1.29 is 0 Å². The molecule has 0 N–H and O–H groups in total. The molecule has 64 heavy (non-hydrogen) atoms. The van der Waals surface area contributed by atoms with Crippen LogP contribution in [0.4, 0.5) is 0 Å². The fourth-order valence-electron chi connectivity index (χ4n) is 10.6. The van der Waals surface area contributed by atoms with Crippen LogP contribution in [0.3, 0.4) is 0 Å². The summed E-state index contributed by atoms with van der Waals surface area (Å²) in [6.45, 7) is 0. The Morgan fingerprint density at radius 1 is 0.453 bits per heavy atom. The van der Waals surface area contributed by atoms with E-state index in [1.54, 1.807) is 0 Å². The van der Waals surface area contributed by atoms with Gasteiger partial charge >= 0.3 is 0 Å². The Kier molecular flexibility index (Phi) is 9.44. The smallest absolute Gasteiger partial charge is 0.182 e. The van der Waals surface area contributed by atoms with Crippen molar-refractivity contribution in [3.8, 4) is 16.9 Å². The van der Waals surface area contributed by atoms with Gasteiger partial charge in [-0.15, -0.1) is 0 Å². The first-order valence-corrected chi connectivity index (χ1v) is 26.6. The minimum absolute atomic E-state index is 0.966. The quantitative estimate of drug-likeness (QED) is 0.114. The van der Waals surface area contributed by atoms with Crippen molar-refractivity contribution in [2.75, 3.05) is 0 Å². The van der Waals surface area contributed by atoms with Crippen molar-refractivity contribution in [2.45, 2.75) is 9.79 Å². The third-order valence-electron chi connectivity index (χ3n) is 13.2. The van der Waals surface area contributed by atoms with E-state index in [1.165, 1.54) is 62.1 Å². The number of para-hydroxylation sites is 1. The molecule has 0 unspecified atom stereocenters. The number of benzene rings is 8. The highest BCUT2D eigenvalue weighted by molar-refractivity contribution is 8.00. The molecular weight excluding hydrogens is 827 g/mol. The second-order valence-electron chi connectivity index (χ2n) is 16.5. The van der Waals surface area contributed by atoms with Crippen molar-refractivity contribution in [1.29, 1.82) is 0 Å². The molecular formula is C58H41N3SSi2. The Balaban J connectivity index is 1.17. The van der Waals surface area contributed by atoms with Gasteiger partial charge in [0.05, 0.1) is 11.2 Å². The average Bonchev–Trinajstić information content (AvgIpc) is 3.72. The zero-order valence-corrected chi connectivity index (χ0v) is 37.7. The van der Waals surface area contributed by atoms with Crippen LogP contribution in [0.25, 0.3) is 38.9 Å². The maximum absolute atomic E-state index is 5.51. The molecule has 0 fully saturated rings. The van der Waals surface area contributed by atoms with E-state index >= 15 is 0 Å². The van der Waals surface area contributed by atoms with E-state index in [2.05, 4.69) is 241 Å². The van der Waals surface area contributed by atoms with Gasteiger partial charge in [0.15, 0.2) is 16.1 Å². The number of fused-ring (bicyclic) bond motifs is 6. The fourth-order valence-corrected chi connectivity index (χ4v) is 22.5. The van der Waals surface area contributed by atoms with Gasteiger partial charge in [-0.1, -0.05) is 212 Å². The maximum atomic E-state index is 5.51. The largest absolute Gasteiger partial charge is 0.294 e. The lowest BCUT2D eigenvalue weighted by Crippen LogP contribution is -2.76. The normalized spacial score (nSPS) is 13.1. The topological polar surface area (TPSA) is 30.7 Å². The molecule has 1 aliphatic rings. The van der Waals surface area contributed by atoms with E-state index in [4.69, 9.17) is 9.97 Å². The molecule has 12 rings (SSSR count). The molecule has 0 spiro atoms. The summed E-state index contributed by atoms with van der Waals surface area (Å²) in [7, 11) is -5.90. The molecule has 6 heteroatoms. The minimum atomic E-state index is -2.98. The van der Waals surface area contributed by atoms with Gasteiger partial charge < -0.3 is 0 Å². The van der Waals surface area contributed by atoms with E-state index in [9.17, 15) is 0 Å². The summed E-state index contributed by atoms with van der Waals surface area (Å²) in [4.78, 5) is 12.8. The van der Waals surface area contributed by atoms with E-state index in [0.717, 1.165) is 28.1 Å². The molecule has 0 saturated carbocycles. The summed E-state index contributed by atoms with van der Waals surface area (Å²) in [5.41, 5.74) is 5.29. The Bertz CT molecular complexity index is 3390. The zero-order valence-electron chi connectivity index (χ0n) is 34.9. The Morgan fingerprint density at radius 3 is 1.72 bits per heavy atom. The number of pyridine rings is 2. The third kappa shape index (κ3) is 5.87. The average molecular weight is 868 g/mol. The predicted octanol–water partition coefficient (Wildman–Crippen LogP) is 8.46. The van der Waals surface area contributed by atoms with Crippen molar-refractivity contribution in [3.05, 3.63) is 249 Å². The molecule has 0 amide bonds. The second kappa shape index (κ2) is 15.8. The van der Waals surface area contributed by atoms with E-state index in [1.807, 2.05) is 24.0 Å². The number of nitrogens with zero attached hydrogens (tertiary/aromatic N) is 3. The number of hydrogen-bond acceptors (Lipinski definition) is 3. The molecule has 3 nitrogen and oxygen atoms in total. The Labute approximate surface area is 379 Å². The van der Waals surface area contributed by atoms with Crippen LogP contribution >= 0.6 is 11.8 Å². The molecule has 3 aromatic heterocycles. The van der Waals surface area contributed by atoms with Crippen LogP contribution in [-0.4, -0.2) is 30.7 Å². The predicted molar refractivity (Wildman–Crippen MR) is 273 cm³/mol. The summed E-state index contributed by atoms with van der Waals surface area (Å²) in [5.74, 6) is 0. The fraction of sp³-hybridized carbons (Fsp3) is 0. The number of rotatable bonds is 8. The van der Waals surface area contributed by atoms with E-state index in [-0.39, 0.29) is 0 Å². The first kappa shape index (κ1) is 38.3. The van der Waals surface area contributed by atoms with Gasteiger partial charge in [0.2, 0.25) is 0 Å². The van der Waals surface area contributed by atoms with Gasteiger partial charge in [0.1, 0.15) is 5.65 Å². The summed E-state index contributed by atoms with van der Waals surface area (Å²) >= 11 is 1.86. The van der Waals surface area contributed by atoms with Gasteiger partial charge in [-0.3, -0.25) is 9.55 Å². The molecule has 0 radical (unpaired) electrons. The SMILES string of the molecule is c1ccc([Si](c2ccccc2)(c2cccc(-c3ccccn3)c2)c2cccc(-n3c4ccccc4c4c5c(cnc43)Sc3ccccc3[Si]5(c3ccccc3)c3ccccc3)c2)cc1. The summed E-state index contributed by atoms with van der Waals surface area (Å²) in [6.07, 6.45) is 4.05. The summed E-state index contributed by atoms with van der Waals surface area (Å²) in [5, 5.41) is 13.3. The van der Waals surface area contributed by atoms with Gasteiger partial charge in [0, 0.05) is 44.2 Å². The lowest BCUT2D eigenvalue weighted by Gasteiger charge is -2.40. The molecule has 0 atom stereocenters. The standard InChI is InChI=1S/C58H41N3SSi2/c1-5-23-44(24-6-1)63(45-25-7-2-8-26-45,48-31-19-21-42(39-48)51-34-17-18-38-59-51)49-32-20-22-43(40-49)61-52-35-14-13-33-50(52)56-57-54(41-60-58(56)61)62-53-36-15-16-37-55(53)64(57,46-27-9-3-10-28-46)47-29-11-4-12-30-47/h1-41H. The maximum Gasteiger partial charge on any atom is 0.182 e. The Morgan fingerprint density at radius 2 is 1.03 bits per heavy atom. The third-order valence-corrected chi connectivity index (χ3v) is 24.3. The molecule has 11 aromatic rings. The van der Waals surface area contributed by atoms with Crippen LogP contribution in [0.5, 0.6) is 0 Å². The highest BCUT2D eigenvalue weighted by atomic mass is 32.2. The highest BCUT2D eigenvalue weighted by Gasteiger charge is 2.49. The first-order chi connectivity index (χ1) is 31.8. The summed E-state index contributed by atoms with van der Waals surface area (Å²) < 4.78 is 2.44.